The topological polar surface area (TPSA) is 62.2 Å². The average Bonchev–Trinajstić information content (AvgIpc) is 2.46. The molecule has 0 aliphatic rings. The van der Waals surface area contributed by atoms with Crippen molar-refractivity contribution in [1.29, 1.82) is 0 Å². The molecule has 1 heterocycles. The van der Waals surface area contributed by atoms with E-state index in [1.165, 1.54) is 12.1 Å². The van der Waals surface area contributed by atoms with Crippen molar-refractivity contribution in [1.82, 2.24) is 4.98 Å². The van der Waals surface area contributed by atoms with E-state index in [2.05, 4.69) is 22.1 Å². The van der Waals surface area contributed by atoms with Crippen LogP contribution < -0.4 is 5.32 Å². The maximum atomic E-state index is 13.8. The molecule has 0 fully saturated rings. The largest absolute Gasteiger partial charge is 0.384 e. The zero-order chi connectivity index (χ0) is 15.2. The van der Waals surface area contributed by atoms with Crippen LogP contribution in [0.4, 0.5) is 10.2 Å². The monoisotopic (exact) mass is 284 g/mol. The van der Waals surface area contributed by atoms with Gasteiger partial charge in [-0.05, 0) is 42.8 Å². The number of carbonyl (C=O) groups excluding carboxylic acids is 1. The van der Waals surface area contributed by atoms with Gasteiger partial charge < -0.3 is 10.4 Å². The number of anilines is 1. The van der Waals surface area contributed by atoms with Crippen molar-refractivity contribution in [3.05, 3.63) is 59.0 Å². The van der Waals surface area contributed by atoms with Gasteiger partial charge in [-0.25, -0.2) is 9.37 Å². The second-order valence-corrected chi connectivity index (χ2v) is 4.33. The predicted molar refractivity (Wildman–Crippen MR) is 77.3 cm³/mol. The second kappa shape index (κ2) is 6.64. The van der Waals surface area contributed by atoms with Gasteiger partial charge in [-0.1, -0.05) is 11.8 Å². The van der Waals surface area contributed by atoms with E-state index >= 15 is 0 Å². The number of pyridine rings is 1. The molecule has 1 aromatic heterocycles. The lowest BCUT2D eigenvalue weighted by molar-refractivity contribution is 0.102. The lowest BCUT2D eigenvalue weighted by atomic mass is 10.1. The van der Waals surface area contributed by atoms with Crippen LogP contribution in [0.5, 0.6) is 0 Å². The van der Waals surface area contributed by atoms with Crippen molar-refractivity contribution in [3.63, 3.8) is 0 Å². The molecular formula is C16H13FN2O2. The number of aliphatic hydroxyl groups excluding tert-OH is 1. The molecule has 0 aliphatic heterocycles. The third kappa shape index (κ3) is 3.88. The van der Waals surface area contributed by atoms with Crippen molar-refractivity contribution < 1.29 is 14.3 Å². The highest BCUT2D eigenvalue weighted by Crippen LogP contribution is 2.12. The van der Waals surface area contributed by atoms with E-state index in [1.807, 2.05) is 13.0 Å². The molecule has 0 radical (unpaired) electrons. The van der Waals surface area contributed by atoms with Crippen molar-refractivity contribution in [3.8, 4) is 11.8 Å². The molecule has 2 rings (SSSR count). The molecule has 1 aromatic carbocycles. The van der Waals surface area contributed by atoms with E-state index in [9.17, 15) is 9.18 Å². The van der Waals surface area contributed by atoms with Gasteiger partial charge in [-0.2, -0.15) is 0 Å². The van der Waals surface area contributed by atoms with Crippen LogP contribution in [-0.4, -0.2) is 22.6 Å². The van der Waals surface area contributed by atoms with E-state index in [0.717, 1.165) is 11.6 Å². The molecule has 0 aliphatic carbocycles. The van der Waals surface area contributed by atoms with Crippen molar-refractivity contribution in [2.75, 3.05) is 11.9 Å². The molecule has 2 aromatic rings. The summed E-state index contributed by atoms with van der Waals surface area (Å²) in [6.45, 7) is 1.53. The quantitative estimate of drug-likeness (QED) is 0.830. The second-order valence-electron chi connectivity index (χ2n) is 4.33. The maximum absolute atomic E-state index is 13.8. The van der Waals surface area contributed by atoms with E-state index in [-0.39, 0.29) is 17.7 Å². The summed E-state index contributed by atoms with van der Waals surface area (Å²) in [5, 5.41) is 11.2. The Labute approximate surface area is 121 Å². The molecule has 0 unspecified atom stereocenters. The molecule has 106 valence electrons. The Morgan fingerprint density at radius 3 is 2.86 bits per heavy atom. The van der Waals surface area contributed by atoms with Gasteiger partial charge in [0.2, 0.25) is 0 Å². The first kappa shape index (κ1) is 14.7. The number of amides is 1. The standard InChI is InChI=1S/C16H13FN2O2/c1-11-6-7-18-15(9-11)19-16(21)13-5-4-12(3-2-8-20)14(17)10-13/h4-7,9-10,20H,8H2,1H3,(H,18,19,21). The SMILES string of the molecule is Cc1ccnc(NC(=O)c2ccc(C#CCO)c(F)c2)c1. The molecule has 0 bridgehead atoms. The predicted octanol–water partition coefficient (Wildman–Crippen LogP) is 2.13. The Balaban J connectivity index is 2.18. The number of rotatable bonds is 2. The number of benzene rings is 1. The molecule has 0 saturated carbocycles. The van der Waals surface area contributed by atoms with Gasteiger partial charge in [0.05, 0.1) is 5.56 Å². The fourth-order valence-electron chi connectivity index (χ4n) is 1.69. The van der Waals surface area contributed by atoms with Crippen molar-refractivity contribution in [2.45, 2.75) is 6.92 Å². The Hall–Kier alpha value is -2.71. The Morgan fingerprint density at radius 2 is 2.19 bits per heavy atom. The van der Waals surface area contributed by atoms with Crippen LogP contribution in [0.3, 0.4) is 0 Å². The highest BCUT2D eigenvalue weighted by Gasteiger charge is 2.10. The molecule has 0 saturated heterocycles. The van der Waals surface area contributed by atoms with Gasteiger partial charge in [0.1, 0.15) is 18.2 Å². The molecule has 2 N–H and O–H groups in total. The summed E-state index contributed by atoms with van der Waals surface area (Å²) in [5.74, 6) is 4.17. The lowest BCUT2D eigenvalue weighted by Crippen LogP contribution is -2.13. The van der Waals surface area contributed by atoms with Crippen LogP contribution in [-0.2, 0) is 0 Å². The van der Waals surface area contributed by atoms with E-state index in [4.69, 9.17) is 5.11 Å². The summed E-state index contributed by atoms with van der Waals surface area (Å²) in [6.07, 6.45) is 1.58. The highest BCUT2D eigenvalue weighted by atomic mass is 19.1. The van der Waals surface area contributed by atoms with Crippen LogP contribution in [0.1, 0.15) is 21.5 Å². The zero-order valence-electron chi connectivity index (χ0n) is 11.4. The summed E-state index contributed by atoms with van der Waals surface area (Å²) < 4.78 is 13.8. The van der Waals surface area contributed by atoms with Crippen LogP contribution in [0, 0.1) is 24.6 Å². The lowest BCUT2D eigenvalue weighted by Gasteiger charge is -2.05. The van der Waals surface area contributed by atoms with E-state index < -0.39 is 11.7 Å². The van der Waals surface area contributed by atoms with Crippen LogP contribution >= 0.6 is 0 Å². The smallest absolute Gasteiger partial charge is 0.256 e. The normalized spacial score (nSPS) is 9.67. The minimum absolute atomic E-state index is 0.134. The summed E-state index contributed by atoms with van der Waals surface area (Å²) in [6, 6.07) is 7.50. The summed E-state index contributed by atoms with van der Waals surface area (Å²) >= 11 is 0. The van der Waals surface area contributed by atoms with Gasteiger partial charge in [-0.3, -0.25) is 4.79 Å². The number of carbonyl (C=O) groups is 1. The average molecular weight is 284 g/mol. The first-order valence-corrected chi connectivity index (χ1v) is 6.23. The maximum Gasteiger partial charge on any atom is 0.256 e. The number of aryl methyl sites for hydroxylation is 1. The molecule has 21 heavy (non-hydrogen) atoms. The summed E-state index contributed by atoms with van der Waals surface area (Å²) in [5.41, 5.74) is 1.26. The number of nitrogens with one attached hydrogen (secondary N) is 1. The molecule has 0 atom stereocenters. The van der Waals surface area contributed by atoms with Gasteiger partial charge in [0, 0.05) is 11.8 Å². The fourth-order valence-corrected chi connectivity index (χ4v) is 1.69. The number of hydrogen-bond donors (Lipinski definition) is 2. The van der Waals surface area contributed by atoms with Crippen molar-refractivity contribution in [2.24, 2.45) is 0 Å². The minimum atomic E-state index is -0.610. The molecular weight excluding hydrogens is 271 g/mol. The van der Waals surface area contributed by atoms with Crippen LogP contribution in [0.2, 0.25) is 0 Å². The third-order valence-corrected chi connectivity index (χ3v) is 2.69. The molecule has 4 nitrogen and oxygen atoms in total. The van der Waals surface area contributed by atoms with E-state index in [1.54, 1.807) is 12.3 Å². The minimum Gasteiger partial charge on any atom is -0.384 e. The number of aliphatic hydroxyl groups is 1. The molecule has 1 amide bonds. The van der Waals surface area contributed by atoms with Gasteiger partial charge >= 0.3 is 0 Å². The van der Waals surface area contributed by atoms with Crippen LogP contribution in [0.25, 0.3) is 0 Å². The number of aromatic nitrogens is 1. The highest BCUT2D eigenvalue weighted by molar-refractivity contribution is 6.03. The number of hydrogen-bond acceptors (Lipinski definition) is 3. The number of halogens is 1. The van der Waals surface area contributed by atoms with Gasteiger partial charge in [0.15, 0.2) is 0 Å². The first-order valence-electron chi connectivity index (χ1n) is 6.23. The molecule has 5 heteroatoms. The van der Waals surface area contributed by atoms with Crippen molar-refractivity contribution >= 4 is 11.7 Å². The Morgan fingerprint density at radius 1 is 1.38 bits per heavy atom. The Kier molecular flexibility index (Phi) is 4.64. The number of nitrogens with zero attached hydrogens (tertiary/aromatic N) is 1. The summed E-state index contributed by atoms with van der Waals surface area (Å²) in [4.78, 5) is 16.0. The summed E-state index contributed by atoms with van der Waals surface area (Å²) in [7, 11) is 0. The van der Waals surface area contributed by atoms with Crippen LogP contribution in [0.15, 0.2) is 36.5 Å². The third-order valence-electron chi connectivity index (χ3n) is 2.69. The van der Waals surface area contributed by atoms with Gasteiger partial charge in [0.25, 0.3) is 5.91 Å². The molecule has 0 spiro atoms. The Bertz CT molecular complexity index is 733. The first-order chi connectivity index (χ1) is 10.1. The van der Waals surface area contributed by atoms with E-state index in [0.29, 0.717) is 5.82 Å². The zero-order valence-corrected chi connectivity index (χ0v) is 11.4. The fraction of sp³-hybridized carbons (Fsp3) is 0.125. The van der Waals surface area contributed by atoms with Gasteiger partial charge in [-0.15, -0.1) is 0 Å².